The standard InChI is InChI=1S/C21H24ClN5O2/c22-16-2-1-3-18(14-16)25-10-12-26(13-11-25)20(28)6-9-27(17-4-5-17)21(29)19-15-23-7-8-24-19/h1-3,7-8,14-15,17H,4-6,9-13H2. The third kappa shape index (κ3) is 4.85. The lowest BCUT2D eigenvalue weighted by Gasteiger charge is -2.36. The summed E-state index contributed by atoms with van der Waals surface area (Å²) in [6.07, 6.45) is 6.85. The molecule has 2 amide bonds. The third-order valence-electron chi connectivity index (χ3n) is 5.40. The molecule has 1 aliphatic heterocycles. The smallest absolute Gasteiger partial charge is 0.274 e. The van der Waals surface area contributed by atoms with Crippen LogP contribution in [0.4, 0.5) is 5.69 Å². The van der Waals surface area contributed by atoms with Crippen LogP contribution in [0.5, 0.6) is 0 Å². The monoisotopic (exact) mass is 413 g/mol. The second kappa shape index (κ2) is 8.78. The van der Waals surface area contributed by atoms with Gasteiger partial charge in [0, 0.05) is 68.3 Å². The van der Waals surface area contributed by atoms with Crippen LogP contribution in [0.1, 0.15) is 29.8 Å². The van der Waals surface area contributed by atoms with Crippen LogP contribution in [-0.4, -0.2) is 70.3 Å². The topological polar surface area (TPSA) is 69.6 Å². The Morgan fingerprint density at radius 2 is 1.93 bits per heavy atom. The summed E-state index contributed by atoms with van der Waals surface area (Å²) in [4.78, 5) is 39.4. The quantitative estimate of drug-likeness (QED) is 0.727. The Morgan fingerprint density at radius 3 is 2.59 bits per heavy atom. The number of hydrogen-bond acceptors (Lipinski definition) is 5. The highest BCUT2D eigenvalue weighted by molar-refractivity contribution is 6.30. The molecule has 0 atom stereocenters. The van der Waals surface area contributed by atoms with Gasteiger partial charge < -0.3 is 14.7 Å². The Bertz CT molecular complexity index is 866. The first-order chi connectivity index (χ1) is 14.1. The molecule has 1 aromatic carbocycles. The van der Waals surface area contributed by atoms with Gasteiger partial charge in [-0.25, -0.2) is 4.98 Å². The molecule has 8 heteroatoms. The van der Waals surface area contributed by atoms with Crippen LogP contribution in [0, 0.1) is 0 Å². The number of hydrogen-bond donors (Lipinski definition) is 0. The second-order valence-corrected chi connectivity index (χ2v) is 7.85. The van der Waals surface area contributed by atoms with Crippen molar-refractivity contribution in [3.05, 3.63) is 53.6 Å². The second-order valence-electron chi connectivity index (χ2n) is 7.42. The first kappa shape index (κ1) is 19.6. The van der Waals surface area contributed by atoms with Gasteiger partial charge in [-0.05, 0) is 31.0 Å². The molecule has 152 valence electrons. The Kier molecular flexibility index (Phi) is 5.94. The Balaban J connectivity index is 1.30. The molecular formula is C21H24ClN5O2. The maximum absolute atomic E-state index is 12.7. The summed E-state index contributed by atoms with van der Waals surface area (Å²) >= 11 is 6.08. The molecule has 29 heavy (non-hydrogen) atoms. The molecule has 2 aromatic rings. The van der Waals surface area contributed by atoms with Crippen molar-refractivity contribution >= 4 is 29.1 Å². The van der Waals surface area contributed by atoms with Crippen LogP contribution in [0.15, 0.2) is 42.9 Å². The Labute approximate surface area is 175 Å². The number of benzene rings is 1. The molecule has 1 saturated carbocycles. The third-order valence-corrected chi connectivity index (χ3v) is 5.64. The molecule has 2 fully saturated rings. The van der Waals surface area contributed by atoms with Gasteiger partial charge in [0.2, 0.25) is 5.91 Å². The summed E-state index contributed by atoms with van der Waals surface area (Å²) in [6, 6.07) is 8.01. The van der Waals surface area contributed by atoms with Gasteiger partial charge in [-0.3, -0.25) is 14.6 Å². The van der Waals surface area contributed by atoms with Crippen LogP contribution < -0.4 is 4.90 Å². The molecule has 1 saturated heterocycles. The number of aromatic nitrogens is 2. The van der Waals surface area contributed by atoms with E-state index in [1.54, 1.807) is 11.1 Å². The minimum absolute atomic E-state index is 0.0911. The van der Waals surface area contributed by atoms with Gasteiger partial charge in [0.15, 0.2) is 0 Å². The van der Waals surface area contributed by atoms with E-state index in [9.17, 15) is 9.59 Å². The number of nitrogens with zero attached hydrogens (tertiary/aromatic N) is 5. The van der Waals surface area contributed by atoms with E-state index in [4.69, 9.17) is 11.6 Å². The highest BCUT2D eigenvalue weighted by Gasteiger charge is 2.34. The maximum atomic E-state index is 12.7. The fourth-order valence-corrected chi connectivity index (χ4v) is 3.84. The molecule has 0 unspecified atom stereocenters. The largest absolute Gasteiger partial charge is 0.368 e. The Morgan fingerprint density at radius 1 is 1.14 bits per heavy atom. The van der Waals surface area contributed by atoms with Gasteiger partial charge in [0.05, 0.1) is 6.20 Å². The van der Waals surface area contributed by atoms with Gasteiger partial charge in [-0.1, -0.05) is 17.7 Å². The van der Waals surface area contributed by atoms with Crippen molar-refractivity contribution in [1.82, 2.24) is 19.8 Å². The lowest BCUT2D eigenvalue weighted by Crippen LogP contribution is -2.49. The summed E-state index contributed by atoms with van der Waals surface area (Å²) in [5, 5.41) is 0.717. The average molecular weight is 414 g/mol. The lowest BCUT2D eigenvalue weighted by atomic mass is 10.2. The predicted molar refractivity (Wildman–Crippen MR) is 111 cm³/mol. The SMILES string of the molecule is O=C(CCN(C(=O)c1cnccn1)C1CC1)N1CCN(c2cccc(Cl)c2)CC1. The molecule has 2 heterocycles. The molecule has 4 rings (SSSR count). The maximum Gasteiger partial charge on any atom is 0.274 e. The van der Waals surface area contributed by atoms with E-state index < -0.39 is 0 Å². The molecular weight excluding hydrogens is 390 g/mol. The van der Waals surface area contributed by atoms with E-state index in [0.717, 1.165) is 31.6 Å². The summed E-state index contributed by atoms with van der Waals surface area (Å²) in [7, 11) is 0. The van der Waals surface area contributed by atoms with Crippen molar-refractivity contribution in [1.29, 1.82) is 0 Å². The van der Waals surface area contributed by atoms with E-state index in [1.807, 2.05) is 29.2 Å². The van der Waals surface area contributed by atoms with Crippen molar-refractivity contribution in [3.63, 3.8) is 0 Å². The number of piperazine rings is 1. The van der Waals surface area contributed by atoms with Gasteiger partial charge in [-0.15, -0.1) is 0 Å². The first-order valence-electron chi connectivity index (χ1n) is 9.97. The molecule has 0 radical (unpaired) electrons. The molecule has 0 spiro atoms. The Hall–Kier alpha value is -2.67. The fourth-order valence-electron chi connectivity index (χ4n) is 3.65. The minimum atomic E-state index is -0.140. The predicted octanol–water partition coefficient (Wildman–Crippen LogP) is 2.47. The van der Waals surface area contributed by atoms with Gasteiger partial charge >= 0.3 is 0 Å². The van der Waals surface area contributed by atoms with E-state index in [2.05, 4.69) is 14.9 Å². The number of carbonyl (C=O) groups is 2. The zero-order valence-corrected chi connectivity index (χ0v) is 17.0. The van der Waals surface area contributed by atoms with Crippen LogP contribution in [0.25, 0.3) is 0 Å². The van der Waals surface area contributed by atoms with Gasteiger partial charge in [0.1, 0.15) is 5.69 Å². The van der Waals surface area contributed by atoms with E-state index in [0.29, 0.717) is 36.8 Å². The zero-order valence-electron chi connectivity index (χ0n) is 16.2. The van der Waals surface area contributed by atoms with Crippen LogP contribution in [-0.2, 0) is 4.79 Å². The lowest BCUT2D eigenvalue weighted by molar-refractivity contribution is -0.131. The van der Waals surface area contributed by atoms with Crippen molar-refractivity contribution in [3.8, 4) is 0 Å². The first-order valence-corrected chi connectivity index (χ1v) is 10.3. The molecule has 1 aromatic heterocycles. The molecule has 0 bridgehead atoms. The number of anilines is 1. The van der Waals surface area contributed by atoms with Crippen LogP contribution >= 0.6 is 11.6 Å². The van der Waals surface area contributed by atoms with Crippen LogP contribution in [0.3, 0.4) is 0 Å². The van der Waals surface area contributed by atoms with Crippen molar-refractivity contribution in [2.75, 3.05) is 37.6 Å². The minimum Gasteiger partial charge on any atom is -0.368 e. The molecule has 7 nitrogen and oxygen atoms in total. The number of amides is 2. The highest BCUT2D eigenvalue weighted by Crippen LogP contribution is 2.28. The molecule has 0 N–H and O–H groups in total. The number of halogens is 1. The summed E-state index contributed by atoms with van der Waals surface area (Å²) < 4.78 is 0. The van der Waals surface area contributed by atoms with Crippen molar-refractivity contribution < 1.29 is 9.59 Å². The summed E-state index contributed by atoms with van der Waals surface area (Å²) in [6.45, 7) is 3.32. The number of rotatable bonds is 6. The molecule has 1 aliphatic carbocycles. The van der Waals surface area contributed by atoms with Crippen molar-refractivity contribution in [2.24, 2.45) is 0 Å². The molecule has 2 aliphatic rings. The van der Waals surface area contributed by atoms with E-state index >= 15 is 0 Å². The van der Waals surface area contributed by atoms with E-state index in [-0.39, 0.29) is 17.9 Å². The highest BCUT2D eigenvalue weighted by atomic mass is 35.5. The van der Waals surface area contributed by atoms with E-state index in [1.165, 1.54) is 12.4 Å². The number of carbonyl (C=O) groups excluding carboxylic acids is 2. The normalized spacial score (nSPS) is 16.6. The fraction of sp³-hybridized carbons (Fsp3) is 0.429. The van der Waals surface area contributed by atoms with Gasteiger partial charge in [-0.2, -0.15) is 0 Å². The summed E-state index contributed by atoms with van der Waals surface area (Å²) in [5.41, 5.74) is 1.42. The van der Waals surface area contributed by atoms with Crippen molar-refractivity contribution in [2.45, 2.75) is 25.3 Å². The average Bonchev–Trinajstić information content (AvgIpc) is 3.59. The van der Waals surface area contributed by atoms with Crippen LogP contribution in [0.2, 0.25) is 5.02 Å². The van der Waals surface area contributed by atoms with Gasteiger partial charge in [0.25, 0.3) is 5.91 Å². The summed E-state index contributed by atoms with van der Waals surface area (Å²) in [5.74, 6) is -0.0486. The zero-order chi connectivity index (χ0) is 20.2.